The molecule has 1 saturated heterocycles. The van der Waals surface area contributed by atoms with Gasteiger partial charge in [0, 0.05) is 12.5 Å². The number of aromatic nitrogens is 4. The summed E-state index contributed by atoms with van der Waals surface area (Å²) in [4.78, 5) is 1.81. The van der Waals surface area contributed by atoms with Crippen LogP contribution in [-0.4, -0.2) is 33.3 Å². The molecular weight excluding hydrogens is 190 g/mol. The number of hydrogen-bond donors (Lipinski definition) is 1. The normalized spacial score (nSPS) is 27.6. The Morgan fingerprint density at radius 3 is 2.80 bits per heavy atom. The quantitative estimate of drug-likeness (QED) is 0.781. The summed E-state index contributed by atoms with van der Waals surface area (Å²) in [5, 5.41) is 16.2. The first-order valence-corrected chi connectivity index (χ1v) is 5.93. The lowest BCUT2D eigenvalue weighted by atomic mass is 10.1. The molecule has 82 valence electrons. The highest BCUT2D eigenvalue weighted by Gasteiger charge is 2.24. The minimum atomic E-state index is 0.424. The molecule has 3 rings (SSSR count). The van der Waals surface area contributed by atoms with Gasteiger partial charge in [0.2, 0.25) is 0 Å². The molecule has 0 radical (unpaired) electrons. The Morgan fingerprint density at radius 2 is 2.07 bits per heavy atom. The second-order valence-corrected chi connectivity index (χ2v) is 4.60. The van der Waals surface area contributed by atoms with Gasteiger partial charge in [-0.25, -0.2) is 0 Å². The molecule has 1 atom stereocenters. The van der Waals surface area contributed by atoms with Crippen LogP contribution in [0.3, 0.4) is 0 Å². The third kappa shape index (κ3) is 1.76. The van der Waals surface area contributed by atoms with E-state index in [1.165, 1.54) is 25.7 Å². The summed E-state index contributed by atoms with van der Waals surface area (Å²) in [6.45, 7) is 2.06. The minimum absolute atomic E-state index is 0.424. The molecule has 1 saturated carbocycles. The topological polar surface area (TPSA) is 55.6 Å². The summed E-state index contributed by atoms with van der Waals surface area (Å²) in [5.74, 6) is 1.55. The van der Waals surface area contributed by atoms with Crippen molar-refractivity contribution in [2.75, 3.05) is 13.1 Å². The zero-order chi connectivity index (χ0) is 10.1. The molecule has 0 bridgehead atoms. The molecule has 2 heterocycles. The summed E-state index contributed by atoms with van der Waals surface area (Å²) < 4.78 is 0. The van der Waals surface area contributed by atoms with Gasteiger partial charge in [0.1, 0.15) is 0 Å². The lowest BCUT2D eigenvalue weighted by Crippen LogP contribution is -2.16. The van der Waals surface area contributed by atoms with Crippen LogP contribution in [0.25, 0.3) is 0 Å². The van der Waals surface area contributed by atoms with Crippen LogP contribution in [0.5, 0.6) is 0 Å². The van der Waals surface area contributed by atoms with Gasteiger partial charge in [-0.05, 0) is 31.0 Å². The van der Waals surface area contributed by atoms with Crippen molar-refractivity contribution >= 4 is 0 Å². The van der Waals surface area contributed by atoms with Crippen LogP contribution in [0.2, 0.25) is 0 Å². The fourth-order valence-electron chi connectivity index (χ4n) is 2.58. The summed E-state index contributed by atoms with van der Waals surface area (Å²) in [5.41, 5.74) is 0. The Balaban J connectivity index is 1.74. The van der Waals surface area contributed by atoms with E-state index in [9.17, 15) is 0 Å². The first-order valence-electron chi connectivity index (χ1n) is 5.93. The molecule has 1 unspecified atom stereocenters. The average molecular weight is 207 g/mol. The summed E-state index contributed by atoms with van der Waals surface area (Å²) in [6.07, 6.45) is 6.26. The van der Waals surface area contributed by atoms with E-state index in [0.29, 0.717) is 12.0 Å². The largest absolute Gasteiger partial charge is 0.314 e. The van der Waals surface area contributed by atoms with Gasteiger partial charge in [-0.2, -0.15) is 4.80 Å². The van der Waals surface area contributed by atoms with Crippen LogP contribution < -0.4 is 5.32 Å². The standard InChI is InChI=1S/C10H17N5/c1-2-4-8(3-1)10-12-14-15(13-10)9-5-6-11-7-9/h8-9,11H,1-7H2. The van der Waals surface area contributed by atoms with Crippen molar-refractivity contribution in [1.29, 1.82) is 0 Å². The van der Waals surface area contributed by atoms with E-state index in [2.05, 4.69) is 20.7 Å². The number of rotatable bonds is 2. The van der Waals surface area contributed by atoms with E-state index < -0.39 is 0 Å². The first-order chi connectivity index (χ1) is 7.43. The van der Waals surface area contributed by atoms with E-state index in [-0.39, 0.29) is 0 Å². The maximum Gasteiger partial charge on any atom is 0.177 e. The molecule has 1 aliphatic heterocycles. The van der Waals surface area contributed by atoms with Crippen molar-refractivity contribution in [2.24, 2.45) is 0 Å². The summed E-state index contributed by atoms with van der Waals surface area (Å²) in [6, 6.07) is 0.424. The third-order valence-corrected chi connectivity index (χ3v) is 3.52. The highest BCUT2D eigenvalue weighted by molar-refractivity contribution is 4.94. The molecule has 5 nitrogen and oxygen atoms in total. The lowest BCUT2D eigenvalue weighted by molar-refractivity contribution is 0.421. The van der Waals surface area contributed by atoms with Gasteiger partial charge in [-0.15, -0.1) is 10.2 Å². The van der Waals surface area contributed by atoms with Gasteiger partial charge in [0.15, 0.2) is 5.82 Å². The molecule has 2 aliphatic rings. The zero-order valence-corrected chi connectivity index (χ0v) is 8.89. The third-order valence-electron chi connectivity index (χ3n) is 3.52. The van der Waals surface area contributed by atoms with Crippen molar-refractivity contribution in [3.63, 3.8) is 0 Å². The highest BCUT2D eigenvalue weighted by atomic mass is 15.6. The van der Waals surface area contributed by atoms with Crippen molar-refractivity contribution in [3.05, 3.63) is 5.82 Å². The first kappa shape index (κ1) is 9.27. The minimum Gasteiger partial charge on any atom is -0.314 e. The maximum atomic E-state index is 4.53. The predicted molar refractivity (Wildman–Crippen MR) is 55.5 cm³/mol. The van der Waals surface area contributed by atoms with Crippen LogP contribution in [0.15, 0.2) is 0 Å². The average Bonchev–Trinajstić information content (AvgIpc) is 3.02. The monoisotopic (exact) mass is 207 g/mol. The van der Waals surface area contributed by atoms with E-state index >= 15 is 0 Å². The Labute approximate surface area is 89.2 Å². The number of hydrogen-bond acceptors (Lipinski definition) is 4. The van der Waals surface area contributed by atoms with Crippen molar-refractivity contribution in [2.45, 2.75) is 44.1 Å². The molecule has 1 aromatic rings. The summed E-state index contributed by atoms with van der Waals surface area (Å²) in [7, 11) is 0. The van der Waals surface area contributed by atoms with Crippen molar-refractivity contribution in [1.82, 2.24) is 25.5 Å². The Morgan fingerprint density at radius 1 is 1.20 bits per heavy atom. The molecule has 2 fully saturated rings. The molecular formula is C10H17N5. The van der Waals surface area contributed by atoms with Crippen LogP contribution in [0.4, 0.5) is 0 Å². The molecule has 15 heavy (non-hydrogen) atoms. The van der Waals surface area contributed by atoms with Crippen LogP contribution in [-0.2, 0) is 0 Å². The Hall–Kier alpha value is -0.970. The highest BCUT2D eigenvalue weighted by Crippen LogP contribution is 2.31. The summed E-state index contributed by atoms with van der Waals surface area (Å²) >= 11 is 0. The van der Waals surface area contributed by atoms with E-state index in [1.54, 1.807) is 0 Å². The van der Waals surface area contributed by atoms with Gasteiger partial charge in [0.25, 0.3) is 0 Å². The number of tetrazole rings is 1. The molecule has 5 heteroatoms. The molecule has 0 spiro atoms. The SMILES string of the molecule is C1CCC(c2nnn(C3CCNC3)n2)C1. The van der Waals surface area contributed by atoms with Crippen LogP contribution >= 0.6 is 0 Å². The van der Waals surface area contributed by atoms with Crippen LogP contribution in [0.1, 0.15) is 49.9 Å². The predicted octanol–water partition coefficient (Wildman–Crippen LogP) is 0.865. The van der Waals surface area contributed by atoms with Gasteiger partial charge in [0.05, 0.1) is 6.04 Å². The fourth-order valence-corrected chi connectivity index (χ4v) is 2.58. The zero-order valence-electron chi connectivity index (χ0n) is 8.89. The smallest absolute Gasteiger partial charge is 0.177 e. The molecule has 1 aromatic heterocycles. The second kappa shape index (κ2) is 3.89. The van der Waals surface area contributed by atoms with Crippen molar-refractivity contribution < 1.29 is 0 Å². The fraction of sp³-hybridized carbons (Fsp3) is 0.900. The van der Waals surface area contributed by atoms with Crippen molar-refractivity contribution in [3.8, 4) is 0 Å². The molecule has 1 N–H and O–H groups in total. The van der Waals surface area contributed by atoms with E-state index in [1.807, 2.05) is 4.80 Å². The second-order valence-electron chi connectivity index (χ2n) is 4.60. The van der Waals surface area contributed by atoms with E-state index in [0.717, 1.165) is 25.3 Å². The van der Waals surface area contributed by atoms with Gasteiger partial charge in [-0.3, -0.25) is 0 Å². The molecule has 0 amide bonds. The van der Waals surface area contributed by atoms with Gasteiger partial charge < -0.3 is 5.32 Å². The lowest BCUT2D eigenvalue weighted by Gasteiger charge is -2.05. The number of nitrogens with one attached hydrogen (secondary N) is 1. The van der Waals surface area contributed by atoms with Gasteiger partial charge >= 0.3 is 0 Å². The molecule has 0 aromatic carbocycles. The van der Waals surface area contributed by atoms with E-state index in [4.69, 9.17) is 0 Å². The Kier molecular flexibility index (Phi) is 2.40. The maximum absolute atomic E-state index is 4.53. The van der Waals surface area contributed by atoms with Gasteiger partial charge in [-0.1, -0.05) is 12.8 Å². The Bertz CT molecular complexity index is 292. The number of nitrogens with zero attached hydrogens (tertiary/aromatic N) is 4. The van der Waals surface area contributed by atoms with Crippen LogP contribution in [0, 0.1) is 0 Å². The molecule has 1 aliphatic carbocycles.